The van der Waals surface area contributed by atoms with Crippen molar-refractivity contribution in [2.75, 3.05) is 26.2 Å². The molecule has 3 fully saturated rings. The Morgan fingerprint density at radius 1 is 1.06 bits per heavy atom. The molecule has 0 aromatic heterocycles. The Morgan fingerprint density at radius 2 is 2.06 bits per heavy atom. The molecule has 0 aromatic carbocycles. The summed E-state index contributed by atoms with van der Waals surface area (Å²) in [7, 11) is 0. The zero-order chi connectivity index (χ0) is 11.2. The number of allylic oxidation sites excluding steroid dienone is 1. The van der Waals surface area contributed by atoms with Gasteiger partial charge in [0, 0.05) is 37.3 Å². The van der Waals surface area contributed by atoms with Gasteiger partial charge in [-0.3, -0.25) is 4.90 Å². The number of nitrogens with zero attached hydrogens (tertiary/aromatic N) is 2. The molecule has 3 atom stereocenters. The van der Waals surface area contributed by atoms with Crippen LogP contribution in [-0.4, -0.2) is 42.0 Å². The van der Waals surface area contributed by atoms with Crippen molar-refractivity contribution in [2.24, 2.45) is 11.8 Å². The molecule has 2 nitrogen and oxygen atoms in total. The van der Waals surface area contributed by atoms with Crippen molar-refractivity contribution < 1.29 is 0 Å². The van der Waals surface area contributed by atoms with Gasteiger partial charge < -0.3 is 4.90 Å². The summed E-state index contributed by atoms with van der Waals surface area (Å²) in [5, 5.41) is 0. The van der Waals surface area contributed by atoms with Gasteiger partial charge in [-0.1, -0.05) is 12.5 Å². The number of fused-ring (bicyclic) bond motifs is 6. The molecule has 3 saturated heterocycles. The summed E-state index contributed by atoms with van der Waals surface area (Å²) in [6, 6.07) is 0.934. The number of hydrogen-bond acceptors (Lipinski definition) is 2. The van der Waals surface area contributed by atoms with E-state index >= 15 is 0 Å². The molecular formula is C15H24N2. The van der Waals surface area contributed by atoms with E-state index in [1.54, 1.807) is 5.70 Å². The van der Waals surface area contributed by atoms with Crippen molar-refractivity contribution in [2.45, 2.75) is 44.6 Å². The largest absolute Gasteiger partial charge is 0.374 e. The Balaban J connectivity index is 1.62. The average molecular weight is 232 g/mol. The van der Waals surface area contributed by atoms with Crippen LogP contribution in [0, 0.1) is 11.8 Å². The lowest BCUT2D eigenvalue weighted by molar-refractivity contribution is -0.00969. The Hall–Kier alpha value is -0.500. The van der Waals surface area contributed by atoms with E-state index in [1.165, 1.54) is 64.7 Å². The third kappa shape index (κ3) is 1.64. The molecule has 2 heteroatoms. The third-order valence-electron chi connectivity index (χ3n) is 5.47. The average Bonchev–Trinajstić information content (AvgIpc) is 2.39. The van der Waals surface area contributed by atoms with Gasteiger partial charge in [-0.15, -0.1) is 0 Å². The molecule has 4 aliphatic heterocycles. The lowest BCUT2D eigenvalue weighted by Gasteiger charge is -2.54. The van der Waals surface area contributed by atoms with Crippen molar-refractivity contribution >= 4 is 0 Å². The molecule has 4 heterocycles. The van der Waals surface area contributed by atoms with Crippen molar-refractivity contribution in [3.63, 3.8) is 0 Å². The summed E-state index contributed by atoms with van der Waals surface area (Å²) in [5.41, 5.74) is 1.72. The predicted molar refractivity (Wildman–Crippen MR) is 69.7 cm³/mol. The van der Waals surface area contributed by atoms with Gasteiger partial charge in [-0.2, -0.15) is 0 Å². The minimum absolute atomic E-state index is 0.878. The Kier molecular flexibility index (Phi) is 2.46. The fourth-order valence-corrected chi connectivity index (χ4v) is 4.76. The molecule has 0 radical (unpaired) electrons. The first-order chi connectivity index (χ1) is 8.42. The van der Waals surface area contributed by atoms with Crippen molar-refractivity contribution in [3.05, 3.63) is 11.8 Å². The summed E-state index contributed by atoms with van der Waals surface area (Å²) in [6.45, 7) is 5.45. The first kappa shape index (κ1) is 10.4. The summed E-state index contributed by atoms with van der Waals surface area (Å²) < 4.78 is 0. The highest BCUT2D eigenvalue weighted by molar-refractivity contribution is 5.16. The second-order valence-electron chi connectivity index (χ2n) is 6.47. The molecule has 0 amide bonds. The van der Waals surface area contributed by atoms with E-state index < -0.39 is 0 Å². The van der Waals surface area contributed by atoms with Gasteiger partial charge in [0.05, 0.1) is 0 Å². The molecule has 4 aliphatic rings. The van der Waals surface area contributed by atoms with Crippen LogP contribution in [0.25, 0.3) is 0 Å². The van der Waals surface area contributed by atoms with E-state index in [4.69, 9.17) is 0 Å². The van der Waals surface area contributed by atoms with E-state index in [0.29, 0.717) is 0 Å². The first-order valence-electron chi connectivity index (χ1n) is 7.61. The molecule has 0 unspecified atom stereocenters. The van der Waals surface area contributed by atoms with Crippen LogP contribution >= 0.6 is 0 Å². The van der Waals surface area contributed by atoms with Crippen LogP contribution in [0.2, 0.25) is 0 Å². The van der Waals surface area contributed by atoms with Crippen LogP contribution in [0.15, 0.2) is 11.8 Å². The quantitative estimate of drug-likeness (QED) is 0.633. The summed E-state index contributed by atoms with van der Waals surface area (Å²) in [5.74, 6) is 1.85. The minimum atomic E-state index is 0.878. The highest BCUT2D eigenvalue weighted by Crippen LogP contribution is 2.42. The van der Waals surface area contributed by atoms with E-state index in [9.17, 15) is 0 Å². The van der Waals surface area contributed by atoms with E-state index in [1.807, 2.05) is 0 Å². The maximum absolute atomic E-state index is 2.83. The monoisotopic (exact) mass is 232 g/mol. The van der Waals surface area contributed by atoms with E-state index in [-0.39, 0.29) is 0 Å². The van der Waals surface area contributed by atoms with Crippen LogP contribution in [0.1, 0.15) is 38.5 Å². The Bertz CT molecular complexity index is 336. The smallest absolute Gasteiger partial charge is 0.0218 e. The lowest BCUT2D eigenvalue weighted by atomic mass is 9.74. The molecule has 4 rings (SSSR count). The number of piperidine rings is 3. The summed E-state index contributed by atoms with van der Waals surface area (Å²) in [6.07, 6.45) is 11.2. The molecule has 0 saturated carbocycles. The van der Waals surface area contributed by atoms with Gasteiger partial charge in [-0.25, -0.2) is 0 Å². The van der Waals surface area contributed by atoms with Crippen molar-refractivity contribution in [1.29, 1.82) is 0 Å². The fraction of sp³-hybridized carbons (Fsp3) is 0.867. The van der Waals surface area contributed by atoms with Crippen LogP contribution in [0.5, 0.6) is 0 Å². The molecule has 2 bridgehead atoms. The predicted octanol–water partition coefficient (Wildman–Crippen LogP) is 2.47. The standard InChI is InChI=1S/C15H24N2/c1-3-7-16-11-13-9-12(14(16)5-1)10-17-8-4-2-6-15(13)17/h5,12-13,15H,1-4,6-11H2/t12-,13-,15-/m1/s1. The van der Waals surface area contributed by atoms with Crippen molar-refractivity contribution in [3.8, 4) is 0 Å². The van der Waals surface area contributed by atoms with E-state index in [2.05, 4.69) is 15.9 Å². The van der Waals surface area contributed by atoms with E-state index in [0.717, 1.165) is 17.9 Å². The SMILES string of the molecule is C1=C2[C@@H]3C[C@H](CN2CCC1)[C@H]1CCCCN1C3. The normalized spacial score (nSPS) is 41.5. The third-order valence-corrected chi connectivity index (χ3v) is 5.47. The van der Waals surface area contributed by atoms with Gasteiger partial charge in [0.15, 0.2) is 0 Å². The van der Waals surface area contributed by atoms with Gasteiger partial charge in [0.2, 0.25) is 0 Å². The molecule has 0 aliphatic carbocycles. The Labute approximate surface area is 105 Å². The Morgan fingerprint density at radius 3 is 3.06 bits per heavy atom. The van der Waals surface area contributed by atoms with Gasteiger partial charge >= 0.3 is 0 Å². The topological polar surface area (TPSA) is 6.48 Å². The molecule has 0 aromatic rings. The highest BCUT2D eigenvalue weighted by Gasteiger charge is 2.43. The second-order valence-corrected chi connectivity index (χ2v) is 6.47. The van der Waals surface area contributed by atoms with Crippen LogP contribution < -0.4 is 0 Å². The van der Waals surface area contributed by atoms with Gasteiger partial charge in [0.25, 0.3) is 0 Å². The maximum Gasteiger partial charge on any atom is 0.0218 e. The minimum Gasteiger partial charge on any atom is -0.374 e. The van der Waals surface area contributed by atoms with Crippen LogP contribution in [0.4, 0.5) is 0 Å². The highest BCUT2D eigenvalue weighted by atomic mass is 15.2. The molecule has 0 spiro atoms. The summed E-state index contributed by atoms with van der Waals surface area (Å²) in [4.78, 5) is 5.56. The molecule has 94 valence electrons. The van der Waals surface area contributed by atoms with Gasteiger partial charge in [0.1, 0.15) is 0 Å². The molecular weight excluding hydrogens is 208 g/mol. The molecule has 17 heavy (non-hydrogen) atoms. The maximum atomic E-state index is 2.83. The van der Waals surface area contributed by atoms with Crippen molar-refractivity contribution in [1.82, 2.24) is 9.80 Å². The van der Waals surface area contributed by atoms with Crippen LogP contribution in [-0.2, 0) is 0 Å². The molecule has 0 N–H and O–H groups in total. The number of rotatable bonds is 0. The zero-order valence-corrected chi connectivity index (χ0v) is 10.8. The zero-order valence-electron chi connectivity index (χ0n) is 10.8. The second kappa shape index (κ2) is 4.01. The number of hydrogen-bond donors (Lipinski definition) is 0. The first-order valence-corrected chi connectivity index (χ1v) is 7.61. The summed E-state index contributed by atoms with van der Waals surface area (Å²) >= 11 is 0. The lowest BCUT2D eigenvalue weighted by Crippen LogP contribution is -2.58. The fourth-order valence-electron chi connectivity index (χ4n) is 4.76. The van der Waals surface area contributed by atoms with Crippen LogP contribution in [0.3, 0.4) is 0 Å². The van der Waals surface area contributed by atoms with Gasteiger partial charge in [-0.05, 0) is 44.6 Å².